The van der Waals surface area contributed by atoms with Gasteiger partial charge in [0.15, 0.2) is 0 Å². The van der Waals surface area contributed by atoms with E-state index in [0.717, 1.165) is 36.1 Å². The molecule has 0 amide bonds. The number of hydrogen-bond acceptors (Lipinski definition) is 3. The fraction of sp³-hybridized carbons (Fsp3) is 0.158. The third-order valence-corrected chi connectivity index (χ3v) is 3.62. The minimum absolute atomic E-state index is 0.418. The summed E-state index contributed by atoms with van der Waals surface area (Å²) in [5.74, 6) is -0.418. The number of benzene rings is 2. The molecule has 0 heterocycles. The molecular weight excluding hydrogens is 274 g/mol. The second-order valence-corrected chi connectivity index (χ2v) is 5.22. The lowest BCUT2D eigenvalue weighted by molar-refractivity contribution is 0.0516. The van der Waals surface area contributed by atoms with Crippen LogP contribution < -0.4 is 0 Å². The van der Waals surface area contributed by atoms with E-state index < -0.39 is 5.97 Å². The first-order valence-corrected chi connectivity index (χ1v) is 7.42. The summed E-state index contributed by atoms with van der Waals surface area (Å²) in [6.45, 7) is 0. The van der Waals surface area contributed by atoms with Crippen molar-refractivity contribution < 1.29 is 9.63 Å². The largest absolute Gasteiger partial charge is 0.365 e. The lowest BCUT2D eigenvalue weighted by Gasteiger charge is -2.02. The molecule has 0 aromatic heterocycles. The number of nitrogens with zero attached hydrogens (tertiary/aromatic N) is 1. The van der Waals surface area contributed by atoms with Gasteiger partial charge in [-0.05, 0) is 48.6 Å². The Hall–Kier alpha value is -2.68. The van der Waals surface area contributed by atoms with E-state index in [2.05, 4.69) is 23.4 Å². The lowest BCUT2D eigenvalue weighted by atomic mass is 10.1. The lowest BCUT2D eigenvalue weighted by Crippen LogP contribution is -2.03. The van der Waals surface area contributed by atoms with Crippen LogP contribution in [0.2, 0.25) is 0 Å². The van der Waals surface area contributed by atoms with Crippen LogP contribution in [0.5, 0.6) is 0 Å². The Bertz CT molecular complexity index is 703. The Morgan fingerprint density at radius 2 is 1.64 bits per heavy atom. The highest BCUT2D eigenvalue weighted by molar-refractivity contribution is 6.05. The van der Waals surface area contributed by atoms with Crippen molar-refractivity contribution in [3.63, 3.8) is 0 Å². The molecule has 1 saturated carbocycles. The number of hydrogen-bond donors (Lipinski definition) is 0. The van der Waals surface area contributed by atoms with E-state index in [0.29, 0.717) is 5.56 Å². The minimum atomic E-state index is -0.418. The fourth-order valence-corrected chi connectivity index (χ4v) is 2.48. The maximum Gasteiger partial charge on any atom is 0.365 e. The van der Waals surface area contributed by atoms with Crippen LogP contribution in [0, 0.1) is 0 Å². The summed E-state index contributed by atoms with van der Waals surface area (Å²) < 4.78 is 0. The average Bonchev–Trinajstić information content (AvgIpc) is 3.01. The van der Waals surface area contributed by atoms with Crippen LogP contribution in [0.15, 0.2) is 71.4 Å². The Morgan fingerprint density at radius 1 is 0.955 bits per heavy atom. The van der Waals surface area contributed by atoms with Gasteiger partial charge in [-0.1, -0.05) is 53.7 Å². The van der Waals surface area contributed by atoms with Crippen molar-refractivity contribution in [2.24, 2.45) is 5.16 Å². The summed E-state index contributed by atoms with van der Waals surface area (Å²) in [5, 5.41) is 4.08. The number of carbonyl (C=O) groups is 1. The molecule has 110 valence electrons. The van der Waals surface area contributed by atoms with Crippen molar-refractivity contribution in [2.45, 2.75) is 19.3 Å². The van der Waals surface area contributed by atoms with Gasteiger partial charge in [-0.15, -0.1) is 0 Å². The number of carbonyl (C=O) groups excluding carboxylic acids is 1. The zero-order valence-electron chi connectivity index (χ0n) is 12.2. The summed E-state index contributed by atoms with van der Waals surface area (Å²) >= 11 is 0. The second-order valence-electron chi connectivity index (χ2n) is 5.22. The Morgan fingerprint density at radius 3 is 2.36 bits per heavy atom. The number of allylic oxidation sites excluding steroid dienone is 1. The van der Waals surface area contributed by atoms with E-state index in [1.165, 1.54) is 0 Å². The first kappa shape index (κ1) is 14.3. The zero-order valence-corrected chi connectivity index (χ0v) is 12.2. The van der Waals surface area contributed by atoms with Crippen molar-refractivity contribution in [1.29, 1.82) is 0 Å². The van der Waals surface area contributed by atoms with Crippen LogP contribution in [0.3, 0.4) is 0 Å². The van der Waals surface area contributed by atoms with Gasteiger partial charge in [0.05, 0.1) is 11.3 Å². The van der Waals surface area contributed by atoms with Gasteiger partial charge < -0.3 is 4.84 Å². The van der Waals surface area contributed by atoms with E-state index in [9.17, 15) is 4.79 Å². The molecule has 3 nitrogen and oxygen atoms in total. The van der Waals surface area contributed by atoms with Crippen LogP contribution >= 0.6 is 0 Å². The van der Waals surface area contributed by atoms with E-state index in [1.807, 2.05) is 24.3 Å². The van der Waals surface area contributed by atoms with Crippen molar-refractivity contribution in [3.05, 3.63) is 77.4 Å². The molecule has 22 heavy (non-hydrogen) atoms. The molecule has 0 radical (unpaired) electrons. The number of oxime groups is 1. The molecule has 0 spiro atoms. The Kier molecular flexibility index (Phi) is 4.44. The molecule has 0 atom stereocenters. The standard InChI is InChI=1S/C19H17NO2/c21-19(16-10-5-2-6-11-16)22-20-18-13-7-12-17(18)14-15-8-3-1-4-9-15/h1-6,8-11,14H,7,12-13H2/b17-14+,20-18-. The van der Waals surface area contributed by atoms with Crippen LogP contribution in [0.4, 0.5) is 0 Å². The van der Waals surface area contributed by atoms with Crippen molar-refractivity contribution in [1.82, 2.24) is 0 Å². The molecule has 0 unspecified atom stereocenters. The molecule has 2 aromatic rings. The molecule has 1 aliphatic carbocycles. The second kappa shape index (κ2) is 6.85. The van der Waals surface area contributed by atoms with Crippen LogP contribution in [-0.2, 0) is 4.84 Å². The predicted molar refractivity (Wildman–Crippen MR) is 87.6 cm³/mol. The van der Waals surface area contributed by atoms with E-state index in [1.54, 1.807) is 24.3 Å². The Balaban J connectivity index is 1.73. The minimum Gasteiger partial charge on any atom is -0.313 e. The SMILES string of the molecule is O=C(O/N=C1/CCC/C1=C\c1ccccc1)c1ccccc1. The van der Waals surface area contributed by atoms with Crippen molar-refractivity contribution in [3.8, 4) is 0 Å². The quantitative estimate of drug-likeness (QED) is 0.618. The molecule has 1 fully saturated rings. The molecule has 3 heteroatoms. The molecule has 0 N–H and O–H groups in total. The maximum absolute atomic E-state index is 11.9. The Labute approximate surface area is 129 Å². The van der Waals surface area contributed by atoms with Gasteiger partial charge in [-0.3, -0.25) is 0 Å². The summed E-state index contributed by atoms with van der Waals surface area (Å²) in [6.07, 6.45) is 4.97. The summed E-state index contributed by atoms with van der Waals surface area (Å²) in [6, 6.07) is 19.0. The fourth-order valence-electron chi connectivity index (χ4n) is 2.48. The third-order valence-electron chi connectivity index (χ3n) is 3.62. The highest BCUT2D eigenvalue weighted by Crippen LogP contribution is 2.24. The van der Waals surface area contributed by atoms with Gasteiger partial charge in [-0.25, -0.2) is 4.79 Å². The van der Waals surface area contributed by atoms with Gasteiger partial charge >= 0.3 is 5.97 Å². The van der Waals surface area contributed by atoms with E-state index in [-0.39, 0.29) is 0 Å². The molecular formula is C19H17NO2. The van der Waals surface area contributed by atoms with Crippen molar-refractivity contribution in [2.75, 3.05) is 0 Å². The summed E-state index contributed by atoms with van der Waals surface area (Å²) in [7, 11) is 0. The summed E-state index contributed by atoms with van der Waals surface area (Å²) in [5.41, 5.74) is 3.67. The normalized spacial score (nSPS) is 17.8. The van der Waals surface area contributed by atoms with Crippen LogP contribution in [0.25, 0.3) is 6.08 Å². The van der Waals surface area contributed by atoms with Gasteiger partial charge in [0, 0.05) is 0 Å². The molecule has 2 aromatic carbocycles. The highest BCUT2D eigenvalue weighted by Gasteiger charge is 2.17. The first-order valence-electron chi connectivity index (χ1n) is 7.42. The molecule has 0 saturated heterocycles. The first-order chi connectivity index (χ1) is 10.8. The zero-order chi connectivity index (χ0) is 15.2. The molecule has 3 rings (SSSR count). The van der Waals surface area contributed by atoms with Gasteiger partial charge in [0.1, 0.15) is 0 Å². The van der Waals surface area contributed by atoms with Crippen LogP contribution in [-0.4, -0.2) is 11.7 Å². The summed E-state index contributed by atoms with van der Waals surface area (Å²) in [4.78, 5) is 17.0. The molecule has 0 bridgehead atoms. The van der Waals surface area contributed by atoms with Gasteiger partial charge in [-0.2, -0.15) is 0 Å². The van der Waals surface area contributed by atoms with E-state index in [4.69, 9.17) is 4.84 Å². The molecule has 0 aliphatic heterocycles. The van der Waals surface area contributed by atoms with Gasteiger partial charge in [0.25, 0.3) is 0 Å². The monoisotopic (exact) mass is 291 g/mol. The van der Waals surface area contributed by atoms with Crippen molar-refractivity contribution >= 4 is 17.8 Å². The van der Waals surface area contributed by atoms with Crippen LogP contribution in [0.1, 0.15) is 35.2 Å². The topological polar surface area (TPSA) is 38.7 Å². The van der Waals surface area contributed by atoms with E-state index >= 15 is 0 Å². The third kappa shape index (κ3) is 3.50. The predicted octanol–water partition coefficient (Wildman–Crippen LogP) is 4.47. The molecule has 1 aliphatic rings. The number of rotatable bonds is 3. The highest BCUT2D eigenvalue weighted by atomic mass is 16.7. The average molecular weight is 291 g/mol. The maximum atomic E-state index is 11.9. The smallest absolute Gasteiger partial charge is 0.313 e. The van der Waals surface area contributed by atoms with Gasteiger partial charge in [0.2, 0.25) is 0 Å².